The van der Waals surface area contributed by atoms with E-state index in [1.165, 1.54) is 0 Å². The van der Waals surface area contributed by atoms with Gasteiger partial charge in [0.2, 0.25) is 0 Å². The Bertz CT molecular complexity index is 554. The Labute approximate surface area is 121 Å². The Morgan fingerprint density at radius 3 is 2.00 bits per heavy atom. The number of hydrogen-bond acceptors (Lipinski definition) is 2. The second-order valence-corrected chi connectivity index (χ2v) is 6.72. The predicted molar refractivity (Wildman–Crippen MR) is 80.3 cm³/mol. The molecule has 2 aromatic rings. The number of para-hydroxylation sites is 1. The molecule has 0 N–H and O–H groups in total. The number of ether oxygens (including phenoxy) is 1. The van der Waals surface area contributed by atoms with Gasteiger partial charge in [-0.3, -0.25) is 4.79 Å². The van der Waals surface area contributed by atoms with Crippen LogP contribution in [-0.2, 0) is 0 Å². The minimum Gasteiger partial charge on any atom is -0.457 e. The van der Waals surface area contributed by atoms with Gasteiger partial charge in [0.15, 0.2) is 5.78 Å². The molecule has 3 heteroatoms. The number of carbonyl (C=O) groups excluding carboxylic acids is 1. The normalized spacial score (nSPS) is 11.1. The molecule has 0 amide bonds. The van der Waals surface area contributed by atoms with Crippen molar-refractivity contribution in [2.24, 2.45) is 0 Å². The third-order valence-corrected chi connectivity index (χ3v) is 3.00. The van der Waals surface area contributed by atoms with E-state index in [2.05, 4.69) is 15.9 Å². The fraction of sp³-hybridized carbons (Fsp3) is 0.188. The van der Waals surface area contributed by atoms with Crippen LogP contribution in [0.3, 0.4) is 0 Å². The summed E-state index contributed by atoms with van der Waals surface area (Å²) in [6, 6.07) is 16.7. The fourth-order valence-electron chi connectivity index (χ4n) is 1.64. The molecule has 2 nitrogen and oxygen atoms in total. The van der Waals surface area contributed by atoms with Gasteiger partial charge in [-0.05, 0) is 50.2 Å². The zero-order valence-electron chi connectivity index (χ0n) is 10.9. The molecule has 0 atom stereocenters. The summed E-state index contributed by atoms with van der Waals surface area (Å²) in [6.07, 6.45) is 0. The van der Waals surface area contributed by atoms with Crippen molar-refractivity contribution in [3.63, 3.8) is 0 Å². The van der Waals surface area contributed by atoms with Gasteiger partial charge >= 0.3 is 0 Å². The molecule has 0 aliphatic carbocycles. The Morgan fingerprint density at radius 2 is 1.47 bits per heavy atom. The fourth-order valence-corrected chi connectivity index (χ4v) is 1.87. The molecular weight excluding hydrogens is 304 g/mol. The van der Waals surface area contributed by atoms with Crippen LogP contribution in [0.4, 0.5) is 0 Å². The SMILES string of the molecule is CC(C)(Br)C(=O)c1ccc(Oc2ccccc2)cc1. The number of hydrogen-bond donors (Lipinski definition) is 0. The summed E-state index contributed by atoms with van der Waals surface area (Å²) in [6.45, 7) is 3.67. The molecule has 0 aromatic heterocycles. The van der Waals surface area contributed by atoms with Gasteiger partial charge in [0.25, 0.3) is 0 Å². The van der Waals surface area contributed by atoms with E-state index in [1.807, 2.05) is 44.2 Å². The van der Waals surface area contributed by atoms with E-state index in [1.54, 1.807) is 24.3 Å². The van der Waals surface area contributed by atoms with E-state index in [0.29, 0.717) is 5.56 Å². The molecule has 0 saturated heterocycles. The van der Waals surface area contributed by atoms with Gasteiger partial charge in [-0.1, -0.05) is 34.1 Å². The number of Topliss-reactive ketones (excluding diaryl/α,β-unsaturated/α-hetero) is 1. The van der Waals surface area contributed by atoms with Crippen molar-refractivity contribution >= 4 is 21.7 Å². The van der Waals surface area contributed by atoms with Crippen molar-refractivity contribution in [3.05, 3.63) is 60.2 Å². The van der Waals surface area contributed by atoms with Crippen LogP contribution in [0, 0.1) is 0 Å². The second kappa shape index (κ2) is 5.57. The third-order valence-electron chi connectivity index (χ3n) is 2.64. The summed E-state index contributed by atoms with van der Waals surface area (Å²) >= 11 is 3.37. The molecule has 0 aliphatic heterocycles. The number of ketones is 1. The first kappa shape index (κ1) is 13.8. The lowest BCUT2D eigenvalue weighted by Gasteiger charge is -2.14. The molecule has 0 bridgehead atoms. The van der Waals surface area contributed by atoms with Gasteiger partial charge in [0.05, 0.1) is 4.32 Å². The number of alkyl halides is 1. The van der Waals surface area contributed by atoms with E-state index < -0.39 is 4.32 Å². The number of carbonyl (C=O) groups is 1. The van der Waals surface area contributed by atoms with Crippen molar-refractivity contribution in [2.75, 3.05) is 0 Å². The molecule has 0 radical (unpaired) electrons. The maximum Gasteiger partial charge on any atom is 0.178 e. The number of halogens is 1. The Kier molecular flexibility index (Phi) is 4.05. The number of rotatable bonds is 4. The van der Waals surface area contributed by atoms with Crippen LogP contribution in [0.15, 0.2) is 54.6 Å². The first-order valence-electron chi connectivity index (χ1n) is 6.03. The Hall–Kier alpha value is -1.61. The lowest BCUT2D eigenvalue weighted by molar-refractivity contribution is 0.0961. The molecule has 0 fully saturated rings. The molecular formula is C16H15BrO2. The van der Waals surface area contributed by atoms with Crippen molar-refractivity contribution < 1.29 is 9.53 Å². The van der Waals surface area contributed by atoms with Gasteiger partial charge in [-0.25, -0.2) is 0 Å². The van der Waals surface area contributed by atoms with Crippen molar-refractivity contribution in [3.8, 4) is 11.5 Å². The van der Waals surface area contributed by atoms with Crippen molar-refractivity contribution in [1.29, 1.82) is 0 Å². The van der Waals surface area contributed by atoms with Gasteiger partial charge in [0.1, 0.15) is 11.5 Å². The summed E-state index contributed by atoms with van der Waals surface area (Å²) in [7, 11) is 0. The highest BCUT2D eigenvalue weighted by molar-refractivity contribution is 9.10. The minimum absolute atomic E-state index is 0.0544. The highest BCUT2D eigenvalue weighted by Gasteiger charge is 2.24. The van der Waals surface area contributed by atoms with Crippen LogP contribution in [0.5, 0.6) is 11.5 Å². The lowest BCUT2D eigenvalue weighted by atomic mass is 10.0. The summed E-state index contributed by atoms with van der Waals surface area (Å²) in [5, 5.41) is 0. The van der Waals surface area contributed by atoms with Crippen LogP contribution >= 0.6 is 15.9 Å². The highest BCUT2D eigenvalue weighted by Crippen LogP contribution is 2.25. The van der Waals surface area contributed by atoms with E-state index in [4.69, 9.17) is 4.74 Å². The third kappa shape index (κ3) is 3.67. The number of benzene rings is 2. The molecule has 2 aromatic carbocycles. The van der Waals surface area contributed by atoms with E-state index in [-0.39, 0.29) is 5.78 Å². The zero-order chi connectivity index (χ0) is 13.9. The average molecular weight is 319 g/mol. The van der Waals surface area contributed by atoms with Crippen LogP contribution in [-0.4, -0.2) is 10.1 Å². The van der Waals surface area contributed by atoms with Crippen LogP contribution in [0.2, 0.25) is 0 Å². The van der Waals surface area contributed by atoms with Crippen LogP contribution in [0.1, 0.15) is 24.2 Å². The average Bonchev–Trinajstić information content (AvgIpc) is 2.39. The predicted octanol–water partition coefficient (Wildman–Crippen LogP) is 4.84. The molecule has 0 unspecified atom stereocenters. The minimum atomic E-state index is -0.547. The van der Waals surface area contributed by atoms with E-state index in [0.717, 1.165) is 11.5 Å². The van der Waals surface area contributed by atoms with E-state index >= 15 is 0 Å². The van der Waals surface area contributed by atoms with E-state index in [9.17, 15) is 4.79 Å². The molecule has 0 spiro atoms. The van der Waals surface area contributed by atoms with Crippen molar-refractivity contribution in [2.45, 2.75) is 18.2 Å². The van der Waals surface area contributed by atoms with Gasteiger partial charge in [-0.2, -0.15) is 0 Å². The Morgan fingerprint density at radius 1 is 0.947 bits per heavy atom. The Balaban J connectivity index is 2.13. The molecule has 19 heavy (non-hydrogen) atoms. The monoisotopic (exact) mass is 318 g/mol. The van der Waals surface area contributed by atoms with Crippen LogP contribution < -0.4 is 4.74 Å². The molecule has 2 rings (SSSR count). The van der Waals surface area contributed by atoms with Gasteiger partial charge < -0.3 is 4.74 Å². The molecule has 0 saturated carbocycles. The molecule has 98 valence electrons. The summed E-state index contributed by atoms with van der Waals surface area (Å²) in [4.78, 5) is 12.0. The quantitative estimate of drug-likeness (QED) is 0.596. The molecule has 0 aliphatic rings. The van der Waals surface area contributed by atoms with Gasteiger partial charge in [0, 0.05) is 5.56 Å². The smallest absolute Gasteiger partial charge is 0.178 e. The standard InChI is InChI=1S/C16H15BrO2/c1-16(2,17)15(18)12-8-10-14(11-9-12)19-13-6-4-3-5-7-13/h3-11H,1-2H3. The largest absolute Gasteiger partial charge is 0.457 e. The lowest BCUT2D eigenvalue weighted by Crippen LogP contribution is -2.23. The summed E-state index contributed by atoms with van der Waals surface area (Å²) in [5.74, 6) is 1.55. The topological polar surface area (TPSA) is 26.3 Å². The first-order chi connectivity index (χ1) is 8.97. The first-order valence-corrected chi connectivity index (χ1v) is 6.83. The maximum absolute atomic E-state index is 12.0. The van der Waals surface area contributed by atoms with Crippen molar-refractivity contribution in [1.82, 2.24) is 0 Å². The summed E-state index contributed by atoms with van der Waals surface area (Å²) in [5.41, 5.74) is 0.669. The zero-order valence-corrected chi connectivity index (χ0v) is 12.5. The highest BCUT2D eigenvalue weighted by atomic mass is 79.9. The summed E-state index contributed by atoms with van der Waals surface area (Å²) < 4.78 is 5.13. The van der Waals surface area contributed by atoms with Gasteiger partial charge in [-0.15, -0.1) is 0 Å². The molecule has 0 heterocycles. The maximum atomic E-state index is 12.0. The second-order valence-electron chi connectivity index (χ2n) is 4.74. The van der Waals surface area contributed by atoms with Crippen LogP contribution in [0.25, 0.3) is 0 Å².